The minimum absolute atomic E-state index is 0.0300. The lowest BCUT2D eigenvalue weighted by Crippen LogP contribution is -2.29. The predicted octanol–water partition coefficient (Wildman–Crippen LogP) is 3.22. The summed E-state index contributed by atoms with van der Waals surface area (Å²) in [5, 5.41) is 2.34. The molecule has 1 heterocycles. The summed E-state index contributed by atoms with van der Waals surface area (Å²) in [6, 6.07) is 0.0300. The maximum absolute atomic E-state index is 12.4. The normalized spacial score (nSPS) is 19.5. The van der Waals surface area contributed by atoms with E-state index in [9.17, 15) is 13.2 Å². The SMILES string of the molecule is CNC(c1cnc(C(F)(F)F)s1)C1CCC1. The van der Waals surface area contributed by atoms with Crippen molar-refractivity contribution in [2.75, 3.05) is 7.05 Å². The van der Waals surface area contributed by atoms with Crippen LogP contribution in [0.4, 0.5) is 13.2 Å². The number of nitrogens with one attached hydrogen (secondary N) is 1. The molecule has 2 rings (SSSR count). The Kier molecular flexibility index (Phi) is 3.21. The molecule has 1 unspecified atom stereocenters. The van der Waals surface area contributed by atoms with Crippen LogP contribution >= 0.6 is 11.3 Å². The third-order valence-corrected chi connectivity index (χ3v) is 4.13. The second-order valence-electron chi connectivity index (χ2n) is 4.02. The number of hydrogen-bond donors (Lipinski definition) is 1. The van der Waals surface area contributed by atoms with Crippen molar-refractivity contribution in [2.24, 2.45) is 5.92 Å². The summed E-state index contributed by atoms with van der Waals surface area (Å²) >= 11 is 0.751. The summed E-state index contributed by atoms with van der Waals surface area (Å²) in [6.07, 6.45) is 0.386. The van der Waals surface area contributed by atoms with Gasteiger partial charge in [-0.15, -0.1) is 11.3 Å². The molecule has 90 valence electrons. The van der Waals surface area contributed by atoms with Crippen LogP contribution in [-0.2, 0) is 6.18 Å². The van der Waals surface area contributed by atoms with E-state index in [0.29, 0.717) is 10.8 Å². The number of aromatic nitrogens is 1. The summed E-state index contributed by atoms with van der Waals surface area (Å²) in [5.41, 5.74) is 0. The molecule has 0 amide bonds. The molecule has 1 fully saturated rings. The third-order valence-electron chi connectivity index (χ3n) is 3.00. The van der Waals surface area contributed by atoms with Crippen molar-refractivity contribution in [2.45, 2.75) is 31.5 Å². The molecule has 1 N–H and O–H groups in total. The van der Waals surface area contributed by atoms with Gasteiger partial charge in [-0.3, -0.25) is 0 Å². The zero-order valence-electron chi connectivity index (χ0n) is 8.84. The van der Waals surface area contributed by atoms with Gasteiger partial charge in [0, 0.05) is 17.1 Å². The highest BCUT2D eigenvalue weighted by atomic mass is 32.1. The minimum Gasteiger partial charge on any atom is -0.312 e. The molecule has 1 aromatic rings. The van der Waals surface area contributed by atoms with Gasteiger partial charge < -0.3 is 5.32 Å². The summed E-state index contributed by atoms with van der Waals surface area (Å²) in [7, 11) is 1.79. The molecule has 2 nitrogen and oxygen atoms in total. The van der Waals surface area contributed by atoms with Gasteiger partial charge in [-0.1, -0.05) is 6.42 Å². The molecule has 1 aliphatic carbocycles. The summed E-state index contributed by atoms with van der Waals surface area (Å²) in [4.78, 5) is 4.14. The van der Waals surface area contributed by atoms with Crippen LogP contribution in [0, 0.1) is 5.92 Å². The van der Waals surface area contributed by atoms with Gasteiger partial charge in [-0.05, 0) is 25.8 Å². The van der Waals surface area contributed by atoms with Crippen molar-refractivity contribution >= 4 is 11.3 Å². The Hall–Kier alpha value is -0.620. The second-order valence-corrected chi connectivity index (χ2v) is 5.09. The van der Waals surface area contributed by atoms with E-state index in [-0.39, 0.29) is 6.04 Å². The van der Waals surface area contributed by atoms with Crippen molar-refractivity contribution in [1.82, 2.24) is 10.3 Å². The predicted molar refractivity (Wildman–Crippen MR) is 56.3 cm³/mol. The Morgan fingerprint density at radius 3 is 2.56 bits per heavy atom. The molecule has 1 atom stereocenters. The second kappa shape index (κ2) is 4.33. The summed E-state index contributed by atoms with van der Waals surface area (Å²) < 4.78 is 37.2. The largest absolute Gasteiger partial charge is 0.443 e. The van der Waals surface area contributed by atoms with E-state index in [0.717, 1.165) is 24.2 Å². The monoisotopic (exact) mass is 250 g/mol. The molecule has 1 aromatic heterocycles. The van der Waals surface area contributed by atoms with E-state index >= 15 is 0 Å². The van der Waals surface area contributed by atoms with Crippen molar-refractivity contribution in [3.8, 4) is 0 Å². The summed E-state index contributed by atoms with van der Waals surface area (Å²) in [5.74, 6) is 0.464. The zero-order valence-corrected chi connectivity index (χ0v) is 9.66. The average Bonchev–Trinajstić information content (AvgIpc) is 2.58. The third kappa shape index (κ3) is 2.22. The first kappa shape index (κ1) is 11.9. The minimum atomic E-state index is -4.32. The van der Waals surface area contributed by atoms with Crippen molar-refractivity contribution in [3.05, 3.63) is 16.1 Å². The Bertz CT molecular complexity index is 357. The first-order valence-corrected chi connectivity index (χ1v) is 6.04. The fourth-order valence-corrected chi connectivity index (χ4v) is 2.93. The highest BCUT2D eigenvalue weighted by Gasteiger charge is 2.36. The van der Waals surface area contributed by atoms with Crippen LogP contribution in [0.5, 0.6) is 0 Å². The Balaban J connectivity index is 2.16. The summed E-state index contributed by atoms with van der Waals surface area (Å²) in [6.45, 7) is 0. The van der Waals surface area contributed by atoms with Gasteiger partial charge in [0.05, 0.1) is 0 Å². The van der Waals surface area contributed by atoms with Gasteiger partial charge >= 0.3 is 6.18 Å². The molecule has 0 aromatic carbocycles. The van der Waals surface area contributed by atoms with Crippen molar-refractivity contribution in [1.29, 1.82) is 0 Å². The van der Waals surface area contributed by atoms with E-state index < -0.39 is 11.2 Å². The first-order chi connectivity index (χ1) is 7.52. The van der Waals surface area contributed by atoms with E-state index in [2.05, 4.69) is 10.3 Å². The number of halogens is 3. The van der Waals surface area contributed by atoms with Crippen LogP contribution < -0.4 is 5.32 Å². The van der Waals surface area contributed by atoms with Crippen LogP contribution in [0.1, 0.15) is 35.2 Å². The topological polar surface area (TPSA) is 24.9 Å². The molecular weight excluding hydrogens is 237 g/mol. The van der Waals surface area contributed by atoms with Gasteiger partial charge in [0.1, 0.15) is 0 Å². The molecule has 0 radical (unpaired) electrons. The number of nitrogens with zero attached hydrogens (tertiary/aromatic N) is 1. The molecule has 0 aliphatic heterocycles. The number of alkyl halides is 3. The average molecular weight is 250 g/mol. The quantitative estimate of drug-likeness (QED) is 0.891. The van der Waals surface area contributed by atoms with Crippen LogP contribution in [-0.4, -0.2) is 12.0 Å². The Morgan fingerprint density at radius 2 is 2.19 bits per heavy atom. The van der Waals surface area contributed by atoms with Gasteiger partial charge in [-0.25, -0.2) is 4.98 Å². The van der Waals surface area contributed by atoms with Crippen molar-refractivity contribution in [3.63, 3.8) is 0 Å². The highest BCUT2D eigenvalue weighted by molar-refractivity contribution is 7.11. The van der Waals surface area contributed by atoms with Crippen LogP contribution in [0.2, 0.25) is 0 Å². The van der Waals surface area contributed by atoms with E-state index in [1.807, 2.05) is 0 Å². The Labute approximate surface area is 95.9 Å². The first-order valence-electron chi connectivity index (χ1n) is 5.22. The molecule has 0 spiro atoms. The maximum Gasteiger partial charge on any atom is 0.443 e. The molecule has 0 saturated heterocycles. The van der Waals surface area contributed by atoms with E-state index in [4.69, 9.17) is 0 Å². The lowest BCUT2D eigenvalue weighted by molar-refractivity contribution is -0.137. The fourth-order valence-electron chi connectivity index (χ4n) is 1.94. The molecule has 16 heavy (non-hydrogen) atoms. The van der Waals surface area contributed by atoms with E-state index in [1.165, 1.54) is 12.6 Å². The molecule has 1 saturated carbocycles. The smallest absolute Gasteiger partial charge is 0.312 e. The Morgan fingerprint density at radius 1 is 1.50 bits per heavy atom. The number of hydrogen-bond acceptors (Lipinski definition) is 3. The van der Waals surface area contributed by atoms with Gasteiger partial charge in [-0.2, -0.15) is 13.2 Å². The van der Waals surface area contributed by atoms with E-state index in [1.54, 1.807) is 7.05 Å². The standard InChI is InChI=1S/C10H13F3N2S/c1-14-8(6-3-2-4-6)7-5-15-9(16-7)10(11,12)13/h5-6,8,14H,2-4H2,1H3. The van der Waals surface area contributed by atoms with Gasteiger partial charge in [0.25, 0.3) is 0 Å². The zero-order chi connectivity index (χ0) is 11.8. The lowest BCUT2D eigenvalue weighted by atomic mass is 9.79. The molecule has 1 aliphatic rings. The van der Waals surface area contributed by atoms with Crippen LogP contribution in [0.15, 0.2) is 6.20 Å². The van der Waals surface area contributed by atoms with Crippen LogP contribution in [0.3, 0.4) is 0 Å². The maximum atomic E-state index is 12.4. The molecule has 6 heteroatoms. The highest BCUT2D eigenvalue weighted by Crippen LogP contribution is 2.41. The molecular formula is C10H13F3N2S. The fraction of sp³-hybridized carbons (Fsp3) is 0.700. The number of thiazole rings is 1. The number of rotatable bonds is 3. The van der Waals surface area contributed by atoms with Gasteiger partial charge in [0.15, 0.2) is 5.01 Å². The van der Waals surface area contributed by atoms with Crippen molar-refractivity contribution < 1.29 is 13.2 Å². The lowest BCUT2D eigenvalue weighted by Gasteiger charge is -2.32. The van der Waals surface area contributed by atoms with Gasteiger partial charge in [0.2, 0.25) is 0 Å². The molecule has 0 bridgehead atoms. The van der Waals surface area contributed by atoms with Crippen LogP contribution in [0.25, 0.3) is 0 Å².